The van der Waals surface area contributed by atoms with Gasteiger partial charge in [-0.2, -0.15) is 0 Å². The molecule has 1 amide bonds. The Morgan fingerprint density at radius 1 is 1.36 bits per heavy atom. The van der Waals surface area contributed by atoms with Crippen LogP contribution in [0.15, 0.2) is 24.3 Å². The molecule has 1 aromatic carbocycles. The molecule has 0 unspecified atom stereocenters. The molecular formula is C17H21N3OS. The van der Waals surface area contributed by atoms with Crippen molar-refractivity contribution in [2.24, 2.45) is 0 Å². The van der Waals surface area contributed by atoms with Crippen LogP contribution >= 0.6 is 11.3 Å². The number of hydrogen-bond acceptors (Lipinski definition) is 4. The summed E-state index contributed by atoms with van der Waals surface area (Å²) in [4.78, 5) is 16.2. The summed E-state index contributed by atoms with van der Waals surface area (Å²) in [5, 5.41) is 3.59. The van der Waals surface area contributed by atoms with Crippen molar-refractivity contribution in [2.75, 3.05) is 24.1 Å². The maximum absolute atomic E-state index is 12.6. The van der Waals surface area contributed by atoms with Crippen molar-refractivity contribution in [3.8, 4) is 0 Å². The molecule has 4 nitrogen and oxygen atoms in total. The largest absolute Gasteiger partial charge is 0.390 e. The second-order valence-electron chi connectivity index (χ2n) is 5.68. The molecule has 3 rings (SSSR count). The van der Waals surface area contributed by atoms with Crippen LogP contribution in [0.1, 0.15) is 33.3 Å². The lowest BCUT2D eigenvalue weighted by atomic mass is 10.0. The molecule has 22 heavy (non-hydrogen) atoms. The van der Waals surface area contributed by atoms with Crippen LogP contribution in [0, 0.1) is 6.92 Å². The predicted molar refractivity (Wildman–Crippen MR) is 92.5 cm³/mol. The van der Waals surface area contributed by atoms with Gasteiger partial charge in [-0.1, -0.05) is 24.6 Å². The van der Waals surface area contributed by atoms with E-state index >= 15 is 0 Å². The zero-order valence-electron chi connectivity index (χ0n) is 13.0. The topological polar surface area (TPSA) is 58.4 Å². The summed E-state index contributed by atoms with van der Waals surface area (Å²) in [5.74, 6) is -0.0937. The van der Waals surface area contributed by atoms with Gasteiger partial charge >= 0.3 is 0 Å². The summed E-state index contributed by atoms with van der Waals surface area (Å²) in [6.45, 7) is 7.11. The van der Waals surface area contributed by atoms with Gasteiger partial charge in [0.25, 0.3) is 5.91 Å². The first-order chi connectivity index (χ1) is 10.6. The summed E-state index contributed by atoms with van der Waals surface area (Å²) < 4.78 is 0. The predicted octanol–water partition coefficient (Wildman–Crippen LogP) is 3.27. The van der Waals surface area contributed by atoms with Crippen molar-refractivity contribution in [1.82, 2.24) is 4.90 Å². The quantitative estimate of drug-likeness (QED) is 0.914. The fraction of sp³-hybridized carbons (Fsp3) is 0.353. The number of benzene rings is 1. The lowest BCUT2D eigenvalue weighted by Crippen LogP contribution is -2.30. The number of anilines is 2. The summed E-state index contributed by atoms with van der Waals surface area (Å²) in [7, 11) is 0. The van der Waals surface area contributed by atoms with Gasteiger partial charge in [-0.15, -0.1) is 11.3 Å². The molecule has 0 saturated carbocycles. The van der Waals surface area contributed by atoms with Gasteiger partial charge < -0.3 is 11.1 Å². The number of fused-ring (bicyclic) bond motifs is 1. The maximum Gasteiger partial charge on any atom is 0.258 e. The number of likely N-dealkylation sites (N-methyl/N-ethyl adjacent to an activating group) is 1. The molecule has 0 spiro atoms. The SMILES string of the molecule is CCN1CCc2c(sc(N)c2C(=O)Nc2ccc(C)cc2)C1. The van der Waals surface area contributed by atoms with Crippen LogP contribution in [0.2, 0.25) is 0 Å². The number of aryl methyl sites for hydroxylation is 1. The first-order valence-corrected chi connectivity index (χ1v) is 8.40. The first kappa shape index (κ1) is 15.1. The number of carbonyl (C=O) groups is 1. The maximum atomic E-state index is 12.6. The van der Waals surface area contributed by atoms with E-state index in [4.69, 9.17) is 5.73 Å². The third-order valence-electron chi connectivity index (χ3n) is 4.15. The van der Waals surface area contributed by atoms with Crippen molar-refractivity contribution in [2.45, 2.75) is 26.8 Å². The molecule has 1 aliphatic rings. The molecule has 5 heteroatoms. The Labute approximate surface area is 134 Å². The summed E-state index contributed by atoms with van der Waals surface area (Å²) >= 11 is 1.55. The Bertz CT molecular complexity index is 691. The lowest BCUT2D eigenvalue weighted by Gasteiger charge is -2.25. The number of hydrogen-bond donors (Lipinski definition) is 2. The Hall–Kier alpha value is -1.85. The lowest BCUT2D eigenvalue weighted by molar-refractivity contribution is 0.102. The third kappa shape index (κ3) is 2.87. The summed E-state index contributed by atoms with van der Waals surface area (Å²) in [6, 6.07) is 7.81. The second-order valence-corrected chi connectivity index (χ2v) is 6.82. The average molecular weight is 315 g/mol. The van der Waals surface area contributed by atoms with Gasteiger partial charge in [-0.25, -0.2) is 0 Å². The molecule has 116 valence electrons. The van der Waals surface area contributed by atoms with Gasteiger partial charge in [0.15, 0.2) is 0 Å². The number of amides is 1. The molecular weight excluding hydrogens is 294 g/mol. The van der Waals surface area contributed by atoms with E-state index in [-0.39, 0.29) is 5.91 Å². The van der Waals surface area contributed by atoms with Crippen LogP contribution in [0.25, 0.3) is 0 Å². The normalized spacial score (nSPS) is 14.6. The minimum Gasteiger partial charge on any atom is -0.390 e. The molecule has 0 saturated heterocycles. The van der Waals surface area contributed by atoms with E-state index in [2.05, 4.69) is 17.1 Å². The van der Waals surface area contributed by atoms with Crippen molar-refractivity contribution < 1.29 is 4.79 Å². The summed E-state index contributed by atoms with van der Waals surface area (Å²) in [6.07, 6.45) is 0.896. The Morgan fingerprint density at radius 2 is 2.09 bits per heavy atom. The van der Waals surface area contributed by atoms with Gasteiger partial charge in [0.1, 0.15) is 0 Å². The van der Waals surface area contributed by atoms with E-state index in [1.165, 1.54) is 10.4 Å². The van der Waals surface area contributed by atoms with Gasteiger partial charge in [0.2, 0.25) is 0 Å². The molecule has 0 atom stereocenters. The van der Waals surface area contributed by atoms with E-state index in [0.29, 0.717) is 10.6 Å². The number of nitrogens with two attached hydrogens (primary N) is 1. The monoisotopic (exact) mass is 315 g/mol. The van der Waals surface area contributed by atoms with E-state index in [1.54, 1.807) is 11.3 Å². The average Bonchev–Trinajstić information content (AvgIpc) is 2.84. The molecule has 2 heterocycles. The second kappa shape index (κ2) is 6.10. The first-order valence-electron chi connectivity index (χ1n) is 7.59. The summed E-state index contributed by atoms with van der Waals surface area (Å²) in [5.41, 5.74) is 9.92. The Balaban J connectivity index is 1.84. The van der Waals surface area contributed by atoms with Gasteiger partial charge in [0.05, 0.1) is 10.6 Å². The number of thiophene rings is 1. The highest BCUT2D eigenvalue weighted by Gasteiger charge is 2.26. The van der Waals surface area contributed by atoms with E-state index in [9.17, 15) is 4.79 Å². The highest BCUT2D eigenvalue weighted by Crippen LogP contribution is 2.35. The third-order valence-corrected chi connectivity index (χ3v) is 5.19. The smallest absolute Gasteiger partial charge is 0.258 e. The van der Waals surface area contributed by atoms with Crippen LogP contribution in [0.3, 0.4) is 0 Å². The van der Waals surface area contributed by atoms with Crippen LogP contribution in [0.4, 0.5) is 10.7 Å². The number of rotatable bonds is 3. The Kier molecular flexibility index (Phi) is 4.18. The number of carbonyl (C=O) groups excluding carboxylic acids is 1. The number of nitrogen functional groups attached to an aromatic ring is 1. The molecule has 0 radical (unpaired) electrons. The van der Waals surface area contributed by atoms with E-state index < -0.39 is 0 Å². The van der Waals surface area contributed by atoms with Crippen LogP contribution in [0.5, 0.6) is 0 Å². The van der Waals surface area contributed by atoms with Crippen LogP contribution < -0.4 is 11.1 Å². The highest BCUT2D eigenvalue weighted by atomic mass is 32.1. The molecule has 0 fully saturated rings. The Morgan fingerprint density at radius 3 is 2.77 bits per heavy atom. The van der Waals surface area contributed by atoms with Gasteiger partial charge in [-0.3, -0.25) is 9.69 Å². The standard InChI is InChI=1S/C17H21N3OS/c1-3-20-9-8-13-14(10-20)22-16(18)15(13)17(21)19-12-6-4-11(2)5-7-12/h4-7H,3,8-10,18H2,1-2H3,(H,19,21). The van der Waals surface area contributed by atoms with E-state index in [1.807, 2.05) is 31.2 Å². The van der Waals surface area contributed by atoms with Crippen molar-refractivity contribution in [3.63, 3.8) is 0 Å². The highest BCUT2D eigenvalue weighted by molar-refractivity contribution is 7.16. The minimum absolute atomic E-state index is 0.0937. The minimum atomic E-state index is -0.0937. The number of nitrogens with zero attached hydrogens (tertiary/aromatic N) is 1. The van der Waals surface area contributed by atoms with Crippen molar-refractivity contribution in [3.05, 3.63) is 45.8 Å². The van der Waals surface area contributed by atoms with Crippen molar-refractivity contribution >= 4 is 27.9 Å². The van der Waals surface area contributed by atoms with Gasteiger partial charge in [-0.05, 0) is 37.6 Å². The molecule has 0 aliphatic carbocycles. The van der Waals surface area contributed by atoms with E-state index in [0.717, 1.165) is 37.3 Å². The molecule has 0 bridgehead atoms. The van der Waals surface area contributed by atoms with Crippen LogP contribution in [-0.4, -0.2) is 23.9 Å². The molecule has 2 aromatic rings. The molecule has 1 aliphatic heterocycles. The van der Waals surface area contributed by atoms with Crippen molar-refractivity contribution in [1.29, 1.82) is 0 Å². The number of nitrogens with one attached hydrogen (secondary N) is 1. The van der Waals surface area contributed by atoms with Crippen LogP contribution in [-0.2, 0) is 13.0 Å². The zero-order valence-corrected chi connectivity index (χ0v) is 13.8. The van der Waals surface area contributed by atoms with Gasteiger partial charge in [0, 0.05) is 23.7 Å². The molecule has 1 aromatic heterocycles. The fourth-order valence-electron chi connectivity index (χ4n) is 2.83. The molecule has 3 N–H and O–H groups in total. The zero-order chi connectivity index (χ0) is 15.7. The fourth-order valence-corrected chi connectivity index (χ4v) is 3.98.